The number of nitrogens with one attached hydrogen (secondary N) is 1. The van der Waals surface area contributed by atoms with E-state index in [4.69, 9.17) is 4.74 Å². The third-order valence-electron chi connectivity index (χ3n) is 3.59. The predicted molar refractivity (Wildman–Crippen MR) is 78.6 cm³/mol. The molecule has 1 aliphatic carbocycles. The molecule has 2 atom stereocenters. The zero-order chi connectivity index (χ0) is 14.4. The van der Waals surface area contributed by atoms with Crippen LogP contribution in [0.5, 0.6) is 0 Å². The van der Waals surface area contributed by atoms with Gasteiger partial charge in [0.1, 0.15) is 10.6 Å². The van der Waals surface area contributed by atoms with Crippen molar-refractivity contribution in [2.45, 2.75) is 48.4 Å². The quantitative estimate of drug-likeness (QED) is 0.810. The standard InChI is InChI=1S/C14H21N3O2S/c1-3-6-17-14(13(18)19-2)5-4-11(9-14)20-12-10-15-7-8-16-12/h7-8,10-11,17H,3-6,9H2,1-2H3. The zero-order valence-electron chi connectivity index (χ0n) is 12.0. The Morgan fingerprint density at radius 2 is 2.45 bits per heavy atom. The first-order valence-electron chi connectivity index (χ1n) is 6.96. The van der Waals surface area contributed by atoms with E-state index < -0.39 is 5.54 Å². The van der Waals surface area contributed by atoms with E-state index in [1.807, 2.05) is 0 Å². The van der Waals surface area contributed by atoms with Crippen molar-refractivity contribution in [3.8, 4) is 0 Å². The molecule has 0 aromatic carbocycles. The molecule has 0 saturated heterocycles. The van der Waals surface area contributed by atoms with Crippen molar-refractivity contribution in [1.29, 1.82) is 0 Å². The van der Waals surface area contributed by atoms with E-state index in [2.05, 4.69) is 22.2 Å². The van der Waals surface area contributed by atoms with Crippen molar-refractivity contribution in [2.24, 2.45) is 0 Å². The number of nitrogens with zero attached hydrogens (tertiary/aromatic N) is 2. The summed E-state index contributed by atoms with van der Waals surface area (Å²) in [7, 11) is 1.46. The second kappa shape index (κ2) is 7.04. The second-order valence-electron chi connectivity index (χ2n) is 5.03. The second-order valence-corrected chi connectivity index (χ2v) is 6.35. The maximum Gasteiger partial charge on any atom is 0.326 e. The van der Waals surface area contributed by atoms with Crippen LogP contribution in [0.4, 0.5) is 0 Å². The molecule has 1 N–H and O–H groups in total. The summed E-state index contributed by atoms with van der Waals surface area (Å²) in [5.74, 6) is -0.145. The van der Waals surface area contributed by atoms with Crippen LogP contribution in [0.2, 0.25) is 0 Å². The molecular formula is C14H21N3O2S. The number of hydrogen-bond donors (Lipinski definition) is 1. The van der Waals surface area contributed by atoms with Crippen LogP contribution in [0.25, 0.3) is 0 Å². The van der Waals surface area contributed by atoms with Crippen molar-refractivity contribution in [1.82, 2.24) is 15.3 Å². The van der Waals surface area contributed by atoms with Crippen molar-refractivity contribution in [3.63, 3.8) is 0 Å². The average molecular weight is 295 g/mol. The van der Waals surface area contributed by atoms with Gasteiger partial charge in [0.05, 0.1) is 13.3 Å². The summed E-state index contributed by atoms with van der Waals surface area (Å²) in [5, 5.41) is 4.67. The number of carbonyl (C=O) groups is 1. The van der Waals surface area contributed by atoms with Gasteiger partial charge in [-0.25, -0.2) is 4.98 Å². The van der Waals surface area contributed by atoms with Gasteiger partial charge in [-0.2, -0.15) is 0 Å². The highest BCUT2D eigenvalue weighted by Gasteiger charge is 2.46. The Labute approximate surface area is 123 Å². The largest absolute Gasteiger partial charge is 0.468 e. The Morgan fingerprint density at radius 1 is 1.60 bits per heavy atom. The van der Waals surface area contributed by atoms with Crippen molar-refractivity contribution < 1.29 is 9.53 Å². The first-order chi connectivity index (χ1) is 9.70. The fourth-order valence-corrected chi connectivity index (χ4v) is 3.78. The summed E-state index contributed by atoms with van der Waals surface area (Å²) in [6, 6.07) is 0. The van der Waals surface area contributed by atoms with Gasteiger partial charge < -0.3 is 10.1 Å². The van der Waals surface area contributed by atoms with E-state index in [9.17, 15) is 4.79 Å². The van der Waals surface area contributed by atoms with Crippen LogP contribution in [0.1, 0.15) is 32.6 Å². The first-order valence-corrected chi connectivity index (χ1v) is 7.84. The summed E-state index contributed by atoms with van der Waals surface area (Å²) >= 11 is 1.69. The summed E-state index contributed by atoms with van der Waals surface area (Å²) < 4.78 is 4.99. The van der Waals surface area contributed by atoms with Crippen LogP contribution in [-0.4, -0.2) is 40.4 Å². The Balaban J connectivity index is 2.01. The topological polar surface area (TPSA) is 64.1 Å². The number of thioether (sulfide) groups is 1. The fraction of sp³-hybridized carbons (Fsp3) is 0.643. The molecular weight excluding hydrogens is 274 g/mol. The lowest BCUT2D eigenvalue weighted by Crippen LogP contribution is -2.51. The van der Waals surface area contributed by atoms with Crippen molar-refractivity contribution in [3.05, 3.63) is 18.6 Å². The Kier molecular flexibility index (Phi) is 5.37. The third kappa shape index (κ3) is 3.49. The summed E-state index contributed by atoms with van der Waals surface area (Å²) in [4.78, 5) is 20.5. The number of carbonyl (C=O) groups excluding carboxylic acids is 1. The van der Waals surface area contributed by atoms with E-state index in [0.717, 1.165) is 37.3 Å². The molecule has 0 radical (unpaired) electrons. The SMILES string of the molecule is CCCNC1(C(=O)OC)CCC(Sc2cnccn2)C1. The highest BCUT2D eigenvalue weighted by atomic mass is 32.2. The van der Waals surface area contributed by atoms with Crippen LogP contribution in [-0.2, 0) is 9.53 Å². The van der Waals surface area contributed by atoms with Crippen LogP contribution in [0, 0.1) is 0 Å². The summed E-state index contributed by atoms with van der Waals surface area (Å²) in [6.45, 7) is 2.93. The highest BCUT2D eigenvalue weighted by molar-refractivity contribution is 7.99. The van der Waals surface area contributed by atoms with Crippen LogP contribution < -0.4 is 5.32 Å². The van der Waals surface area contributed by atoms with Gasteiger partial charge in [0.25, 0.3) is 0 Å². The molecule has 6 heteroatoms. The molecule has 1 saturated carbocycles. The number of hydrogen-bond acceptors (Lipinski definition) is 6. The van der Waals surface area contributed by atoms with E-state index in [1.54, 1.807) is 30.4 Å². The van der Waals surface area contributed by atoms with Gasteiger partial charge in [0.15, 0.2) is 0 Å². The van der Waals surface area contributed by atoms with E-state index in [-0.39, 0.29) is 5.97 Å². The monoisotopic (exact) mass is 295 g/mol. The number of ether oxygens (including phenoxy) is 1. The maximum absolute atomic E-state index is 12.1. The van der Waals surface area contributed by atoms with Gasteiger partial charge in [-0.15, -0.1) is 11.8 Å². The molecule has 1 fully saturated rings. The van der Waals surface area contributed by atoms with Gasteiger partial charge >= 0.3 is 5.97 Å². The van der Waals surface area contributed by atoms with E-state index >= 15 is 0 Å². The zero-order valence-corrected chi connectivity index (χ0v) is 12.8. The molecule has 5 nitrogen and oxygen atoms in total. The van der Waals surface area contributed by atoms with E-state index in [0.29, 0.717) is 5.25 Å². The fourth-order valence-electron chi connectivity index (χ4n) is 2.60. The Hall–Kier alpha value is -1.14. The molecule has 0 aliphatic heterocycles. The molecule has 1 heterocycles. The van der Waals surface area contributed by atoms with Gasteiger partial charge in [-0.05, 0) is 32.2 Å². The minimum absolute atomic E-state index is 0.145. The molecule has 110 valence electrons. The van der Waals surface area contributed by atoms with Gasteiger partial charge in [0, 0.05) is 17.6 Å². The first kappa shape index (κ1) is 15.3. The number of aromatic nitrogens is 2. The van der Waals surface area contributed by atoms with E-state index in [1.165, 1.54) is 7.11 Å². The van der Waals surface area contributed by atoms with Crippen molar-refractivity contribution in [2.75, 3.05) is 13.7 Å². The summed E-state index contributed by atoms with van der Waals surface area (Å²) in [5.41, 5.74) is -0.523. The molecule has 1 aliphatic rings. The minimum Gasteiger partial charge on any atom is -0.468 e. The average Bonchev–Trinajstić information content (AvgIpc) is 2.90. The Bertz CT molecular complexity index is 443. The molecule has 1 aromatic heterocycles. The highest BCUT2D eigenvalue weighted by Crippen LogP contribution is 2.40. The minimum atomic E-state index is -0.523. The van der Waals surface area contributed by atoms with Crippen LogP contribution >= 0.6 is 11.8 Å². The molecule has 0 bridgehead atoms. The Morgan fingerprint density at radius 3 is 3.10 bits per heavy atom. The lowest BCUT2D eigenvalue weighted by atomic mass is 9.97. The third-order valence-corrected chi connectivity index (χ3v) is 4.77. The normalized spacial score (nSPS) is 25.6. The number of rotatable bonds is 6. The van der Waals surface area contributed by atoms with Crippen molar-refractivity contribution >= 4 is 17.7 Å². The lowest BCUT2D eigenvalue weighted by Gasteiger charge is -2.27. The van der Waals surface area contributed by atoms with Gasteiger partial charge in [-0.1, -0.05) is 6.92 Å². The van der Waals surface area contributed by atoms with Gasteiger partial charge in [0.2, 0.25) is 0 Å². The molecule has 2 rings (SSSR count). The molecule has 20 heavy (non-hydrogen) atoms. The lowest BCUT2D eigenvalue weighted by molar-refractivity contribution is -0.148. The predicted octanol–water partition coefficient (Wildman–Crippen LogP) is 2.03. The smallest absolute Gasteiger partial charge is 0.326 e. The van der Waals surface area contributed by atoms with Gasteiger partial charge in [-0.3, -0.25) is 9.78 Å². The number of methoxy groups -OCH3 is 1. The summed E-state index contributed by atoms with van der Waals surface area (Å²) in [6.07, 6.45) is 8.70. The molecule has 2 unspecified atom stereocenters. The van der Waals surface area contributed by atoms with Crippen LogP contribution in [0.15, 0.2) is 23.6 Å². The van der Waals surface area contributed by atoms with Crippen LogP contribution in [0.3, 0.4) is 0 Å². The maximum atomic E-state index is 12.1. The molecule has 0 spiro atoms. The molecule has 1 aromatic rings. The number of esters is 1. The molecule has 0 amide bonds.